The van der Waals surface area contributed by atoms with E-state index in [1.54, 1.807) is 0 Å². The number of hydrogen-bond acceptors (Lipinski definition) is 16. The molecule has 1 aromatic rings. The molecule has 2 aliphatic rings. The van der Waals surface area contributed by atoms with Gasteiger partial charge in [-0.05, 0) is 12.1 Å². The van der Waals surface area contributed by atoms with Gasteiger partial charge in [0.25, 0.3) is 5.69 Å². The van der Waals surface area contributed by atoms with Gasteiger partial charge in [0.15, 0.2) is 6.29 Å². The van der Waals surface area contributed by atoms with E-state index in [9.17, 15) is 53.4 Å². The highest BCUT2D eigenvalue weighted by molar-refractivity contribution is 7.80. The number of benzene rings is 1. The van der Waals surface area contributed by atoms with Crippen LogP contribution in [-0.2, 0) is 33.6 Å². The van der Waals surface area contributed by atoms with Crippen molar-refractivity contribution in [1.82, 2.24) is 5.32 Å². The zero-order chi connectivity index (χ0) is 29.1. The lowest BCUT2D eigenvalue weighted by atomic mass is 9.95. The standard InChI is InChI=1S/C20H28N2O16S/c1-8(25)21-13-15(27)17(12(7-24)36-19(13)34-10-4-2-9(3-5-10)22(29)30)37-20-16(28)18(38-39(31,32)33)14(26)11(6-23)35-20/h2-5,11-20,23-24,26-28H,6-7H2,1H3,(H,21,25)(H,31,32,33)/p-1/t11-,12-,13-,14+,15-,16-,17-,18+,19-,20+/m1/s1. The molecule has 0 radical (unpaired) electrons. The number of nitrogens with zero attached hydrogens (tertiary/aromatic N) is 1. The number of nitro groups is 1. The maximum Gasteiger partial charge on any atom is 0.269 e. The van der Waals surface area contributed by atoms with Crippen LogP contribution in [0, 0.1) is 10.1 Å². The summed E-state index contributed by atoms with van der Waals surface area (Å²) in [5.74, 6) is -0.624. The molecule has 0 unspecified atom stereocenters. The fraction of sp³-hybridized carbons (Fsp3) is 0.650. The van der Waals surface area contributed by atoms with Crippen molar-refractivity contribution >= 4 is 22.0 Å². The van der Waals surface area contributed by atoms with Gasteiger partial charge in [0, 0.05) is 19.1 Å². The van der Waals surface area contributed by atoms with E-state index in [-0.39, 0.29) is 11.4 Å². The first kappa shape index (κ1) is 31.0. The lowest BCUT2D eigenvalue weighted by Gasteiger charge is -2.47. The first-order valence-electron chi connectivity index (χ1n) is 11.3. The molecule has 220 valence electrons. The molecule has 19 heteroatoms. The fourth-order valence-corrected chi connectivity index (χ4v) is 4.57. The Balaban J connectivity index is 1.85. The van der Waals surface area contributed by atoms with Crippen LogP contribution >= 0.6 is 0 Å². The summed E-state index contributed by atoms with van der Waals surface area (Å²) in [6, 6.07) is 3.31. The van der Waals surface area contributed by atoms with Gasteiger partial charge in [-0.2, -0.15) is 0 Å². The van der Waals surface area contributed by atoms with Crippen LogP contribution in [0.15, 0.2) is 24.3 Å². The number of hydrogen-bond donors (Lipinski definition) is 6. The molecule has 2 aliphatic heterocycles. The molecule has 2 fully saturated rings. The average molecular weight is 584 g/mol. The van der Waals surface area contributed by atoms with E-state index >= 15 is 0 Å². The predicted octanol–water partition coefficient (Wildman–Crippen LogP) is -3.77. The molecule has 1 aromatic carbocycles. The quantitative estimate of drug-likeness (QED) is 0.0667. The second kappa shape index (κ2) is 12.7. The second-order valence-corrected chi connectivity index (χ2v) is 9.60. The zero-order valence-electron chi connectivity index (χ0n) is 20.1. The van der Waals surface area contributed by atoms with Crippen LogP contribution in [-0.4, -0.2) is 124 Å². The highest BCUT2D eigenvalue weighted by Crippen LogP contribution is 2.31. The molecule has 0 bridgehead atoms. The number of aliphatic hydroxyl groups excluding tert-OH is 5. The molecule has 39 heavy (non-hydrogen) atoms. The SMILES string of the molecule is CC(=O)N[C@H]1[C@H](Oc2ccc([N+](=O)[O-])cc2)O[C@H](CO)[C@@H](O[C@@H]2O[C@H](CO)[C@H](O)[C@H](OS(=O)(=O)[O-])[C@H]2O)[C@@H]1O. The Kier molecular flexibility index (Phi) is 10.1. The summed E-state index contributed by atoms with van der Waals surface area (Å²) in [5, 5.41) is 64.4. The van der Waals surface area contributed by atoms with Crippen molar-refractivity contribution in [1.29, 1.82) is 0 Å². The molecule has 18 nitrogen and oxygen atoms in total. The minimum atomic E-state index is -5.45. The van der Waals surface area contributed by atoms with E-state index in [1.807, 2.05) is 0 Å². The Morgan fingerprint density at radius 1 is 1.00 bits per heavy atom. The van der Waals surface area contributed by atoms with Crippen LogP contribution in [0.3, 0.4) is 0 Å². The smallest absolute Gasteiger partial charge is 0.269 e. The van der Waals surface area contributed by atoms with Gasteiger partial charge < -0.3 is 54.3 Å². The lowest BCUT2D eigenvalue weighted by Crippen LogP contribution is -2.68. The summed E-state index contributed by atoms with van der Waals surface area (Å²) in [6.45, 7) is -0.659. The van der Waals surface area contributed by atoms with Crippen LogP contribution in [0.2, 0.25) is 0 Å². The molecule has 0 aromatic heterocycles. The monoisotopic (exact) mass is 583 g/mol. The Morgan fingerprint density at radius 2 is 1.59 bits per heavy atom. The summed E-state index contributed by atoms with van der Waals surface area (Å²) < 4.78 is 59.6. The van der Waals surface area contributed by atoms with Crippen molar-refractivity contribution < 1.29 is 71.4 Å². The molecule has 3 rings (SSSR count). The van der Waals surface area contributed by atoms with Gasteiger partial charge in [0.2, 0.25) is 22.6 Å². The van der Waals surface area contributed by atoms with Crippen LogP contribution in [0.1, 0.15) is 6.92 Å². The largest absolute Gasteiger partial charge is 0.726 e. The number of nitrogens with one attached hydrogen (secondary N) is 1. The number of amides is 1. The molecule has 0 aliphatic carbocycles. The Labute approximate surface area is 220 Å². The zero-order valence-corrected chi connectivity index (χ0v) is 20.9. The number of ether oxygens (including phenoxy) is 4. The number of nitro benzene ring substituents is 1. The van der Waals surface area contributed by atoms with E-state index in [4.69, 9.17) is 18.9 Å². The molecule has 1 amide bonds. The van der Waals surface area contributed by atoms with Crippen molar-refractivity contribution in [3.05, 3.63) is 34.4 Å². The number of rotatable bonds is 10. The minimum absolute atomic E-state index is 0.0360. The Bertz CT molecular complexity index is 1100. The molecule has 0 spiro atoms. The van der Waals surface area contributed by atoms with Crippen molar-refractivity contribution in [2.75, 3.05) is 13.2 Å². The van der Waals surface area contributed by atoms with Crippen molar-refractivity contribution in [3.63, 3.8) is 0 Å². The third-order valence-electron chi connectivity index (χ3n) is 5.86. The maximum absolute atomic E-state index is 11.8. The first-order chi connectivity index (χ1) is 18.2. The lowest BCUT2D eigenvalue weighted by molar-refractivity contribution is -0.384. The maximum atomic E-state index is 11.8. The van der Waals surface area contributed by atoms with Crippen LogP contribution in [0.4, 0.5) is 5.69 Å². The molecule has 2 heterocycles. The molecular formula is C20H27N2O16S-. The van der Waals surface area contributed by atoms with Gasteiger partial charge in [-0.15, -0.1) is 0 Å². The van der Waals surface area contributed by atoms with Gasteiger partial charge in [-0.3, -0.25) is 19.1 Å². The van der Waals surface area contributed by atoms with E-state index in [0.717, 1.165) is 19.1 Å². The molecular weight excluding hydrogens is 556 g/mol. The van der Waals surface area contributed by atoms with Crippen LogP contribution < -0.4 is 10.1 Å². The predicted molar refractivity (Wildman–Crippen MR) is 120 cm³/mol. The molecule has 6 N–H and O–H groups in total. The normalized spacial score (nSPS) is 35.3. The number of non-ortho nitro benzene ring substituents is 1. The van der Waals surface area contributed by atoms with Crippen LogP contribution in [0.5, 0.6) is 5.75 Å². The Hall–Kier alpha value is -2.56. The van der Waals surface area contributed by atoms with E-state index < -0.39 is 95.8 Å². The number of carbonyl (C=O) groups excluding carboxylic acids is 1. The van der Waals surface area contributed by atoms with Crippen molar-refractivity contribution in [3.8, 4) is 5.75 Å². The van der Waals surface area contributed by atoms with Gasteiger partial charge in [0.1, 0.15) is 54.5 Å². The number of aliphatic hydroxyl groups is 5. The van der Waals surface area contributed by atoms with Crippen molar-refractivity contribution in [2.45, 2.75) is 68.3 Å². The van der Waals surface area contributed by atoms with Gasteiger partial charge in [-0.1, -0.05) is 0 Å². The summed E-state index contributed by atoms with van der Waals surface area (Å²) in [7, 11) is -5.45. The van der Waals surface area contributed by atoms with E-state index in [0.29, 0.717) is 0 Å². The molecule has 0 saturated carbocycles. The summed E-state index contributed by atoms with van der Waals surface area (Å²) in [5.41, 5.74) is -0.239. The van der Waals surface area contributed by atoms with E-state index in [1.165, 1.54) is 12.1 Å². The summed E-state index contributed by atoms with van der Waals surface area (Å²) in [6.07, 6.45) is -16.1. The minimum Gasteiger partial charge on any atom is -0.726 e. The number of carbonyl (C=O) groups is 1. The Morgan fingerprint density at radius 3 is 2.10 bits per heavy atom. The van der Waals surface area contributed by atoms with Crippen LogP contribution in [0.25, 0.3) is 0 Å². The van der Waals surface area contributed by atoms with Gasteiger partial charge in [-0.25, -0.2) is 8.42 Å². The molecule has 10 atom stereocenters. The summed E-state index contributed by atoms with van der Waals surface area (Å²) >= 11 is 0. The van der Waals surface area contributed by atoms with Gasteiger partial charge >= 0.3 is 0 Å². The first-order valence-corrected chi connectivity index (χ1v) is 12.6. The highest BCUT2D eigenvalue weighted by atomic mass is 32.3. The second-order valence-electron chi connectivity index (χ2n) is 8.59. The fourth-order valence-electron chi connectivity index (χ4n) is 4.07. The van der Waals surface area contributed by atoms with E-state index in [2.05, 4.69) is 9.50 Å². The summed E-state index contributed by atoms with van der Waals surface area (Å²) in [4.78, 5) is 22.1. The molecule has 2 saturated heterocycles. The topological polar surface area (TPSA) is 277 Å². The third-order valence-corrected chi connectivity index (χ3v) is 6.32. The highest BCUT2D eigenvalue weighted by Gasteiger charge is 2.52. The third kappa shape index (κ3) is 7.55. The van der Waals surface area contributed by atoms with Gasteiger partial charge in [0.05, 0.1) is 18.1 Å². The average Bonchev–Trinajstić information content (AvgIpc) is 2.86. The van der Waals surface area contributed by atoms with Crippen molar-refractivity contribution in [2.24, 2.45) is 0 Å².